The second-order valence-electron chi connectivity index (χ2n) is 2.84. The summed E-state index contributed by atoms with van der Waals surface area (Å²) in [7, 11) is 0. The Morgan fingerprint density at radius 1 is 1.44 bits per heavy atom. The molecule has 0 aliphatic carbocycles. The van der Waals surface area contributed by atoms with Gasteiger partial charge in [0.05, 0.1) is 10.6 Å². The zero-order chi connectivity index (χ0) is 11.7. The lowest BCUT2D eigenvalue weighted by atomic mass is 10.2. The van der Waals surface area contributed by atoms with Crippen LogP contribution in [0.2, 0.25) is 5.02 Å². The number of nitrogens with zero attached hydrogens (tertiary/aromatic N) is 2. The summed E-state index contributed by atoms with van der Waals surface area (Å²) >= 11 is 5.74. The van der Waals surface area contributed by atoms with Crippen molar-refractivity contribution < 1.29 is 18.7 Å². The topological polar surface area (TPSA) is 76.2 Å². The Kier molecular flexibility index (Phi) is 2.57. The molecular weight excluding hydrogens is 239 g/mol. The molecule has 82 valence electrons. The lowest BCUT2D eigenvalue weighted by Gasteiger charge is -1.97. The van der Waals surface area contributed by atoms with Gasteiger partial charge in [0.25, 0.3) is 0 Å². The Balaban J connectivity index is 2.46. The summed E-state index contributed by atoms with van der Waals surface area (Å²) in [6, 6.07) is 3.56. The molecule has 7 heteroatoms. The van der Waals surface area contributed by atoms with Crippen LogP contribution in [0.1, 0.15) is 10.7 Å². The van der Waals surface area contributed by atoms with Gasteiger partial charge in [0.15, 0.2) is 0 Å². The minimum absolute atomic E-state index is 0.0672. The Labute approximate surface area is 93.5 Å². The summed E-state index contributed by atoms with van der Waals surface area (Å²) < 4.78 is 17.6. The third-order valence-electron chi connectivity index (χ3n) is 1.77. The Morgan fingerprint density at radius 3 is 2.75 bits per heavy atom. The molecule has 1 aromatic carbocycles. The van der Waals surface area contributed by atoms with Gasteiger partial charge < -0.3 is 9.52 Å². The number of aromatic carboxylic acids is 1. The number of hydrogen-bond donors (Lipinski definition) is 1. The van der Waals surface area contributed by atoms with E-state index in [-0.39, 0.29) is 16.5 Å². The summed E-state index contributed by atoms with van der Waals surface area (Å²) in [4.78, 5) is 10.5. The monoisotopic (exact) mass is 242 g/mol. The summed E-state index contributed by atoms with van der Waals surface area (Å²) in [5, 5.41) is 15.4. The predicted octanol–water partition coefficient (Wildman–Crippen LogP) is 2.23. The van der Waals surface area contributed by atoms with Gasteiger partial charge in [0.2, 0.25) is 5.89 Å². The summed E-state index contributed by atoms with van der Waals surface area (Å²) in [6.45, 7) is 0. The quantitative estimate of drug-likeness (QED) is 0.874. The summed E-state index contributed by atoms with van der Waals surface area (Å²) in [5.74, 6) is -2.46. The molecule has 0 fully saturated rings. The number of benzene rings is 1. The first kappa shape index (κ1) is 10.6. The maximum atomic E-state index is 12.8. The van der Waals surface area contributed by atoms with Crippen LogP contribution in [0.15, 0.2) is 22.6 Å². The first-order chi connectivity index (χ1) is 7.58. The van der Waals surface area contributed by atoms with E-state index in [9.17, 15) is 9.18 Å². The van der Waals surface area contributed by atoms with Crippen molar-refractivity contribution in [2.75, 3.05) is 0 Å². The smallest absolute Gasteiger partial charge is 0.393 e. The molecule has 0 spiro atoms. The van der Waals surface area contributed by atoms with Crippen molar-refractivity contribution in [3.63, 3.8) is 0 Å². The van der Waals surface area contributed by atoms with Crippen LogP contribution in [0.5, 0.6) is 0 Å². The van der Waals surface area contributed by atoms with Crippen molar-refractivity contribution >= 4 is 17.6 Å². The molecule has 0 unspecified atom stereocenters. The standard InChI is InChI=1S/C9H4ClFN2O3/c10-6-3-4(11)1-2-5(6)7-12-13-8(16-7)9(14)15/h1-3H,(H,14,15). The first-order valence-electron chi connectivity index (χ1n) is 4.10. The third kappa shape index (κ3) is 1.87. The lowest BCUT2D eigenvalue weighted by molar-refractivity contribution is 0.0654. The van der Waals surface area contributed by atoms with Crippen molar-refractivity contribution in [3.8, 4) is 11.5 Å². The third-order valence-corrected chi connectivity index (χ3v) is 2.08. The minimum Gasteiger partial charge on any atom is -0.474 e. The molecule has 1 N–H and O–H groups in total. The Bertz CT molecular complexity index is 555. The number of carbonyl (C=O) groups is 1. The molecule has 0 bridgehead atoms. The molecule has 0 saturated carbocycles. The maximum absolute atomic E-state index is 12.8. The summed E-state index contributed by atoms with van der Waals surface area (Å²) in [6.07, 6.45) is 0. The minimum atomic E-state index is -1.34. The predicted molar refractivity (Wildman–Crippen MR) is 51.7 cm³/mol. The van der Waals surface area contributed by atoms with Gasteiger partial charge >= 0.3 is 11.9 Å². The molecule has 2 aromatic rings. The highest BCUT2D eigenvalue weighted by atomic mass is 35.5. The lowest BCUT2D eigenvalue weighted by Crippen LogP contribution is -1.95. The fourth-order valence-corrected chi connectivity index (χ4v) is 1.33. The van der Waals surface area contributed by atoms with Crippen LogP contribution in [0.25, 0.3) is 11.5 Å². The van der Waals surface area contributed by atoms with Crippen LogP contribution >= 0.6 is 11.6 Å². The van der Waals surface area contributed by atoms with Gasteiger partial charge in [-0.2, -0.15) is 0 Å². The second-order valence-corrected chi connectivity index (χ2v) is 3.25. The molecule has 0 saturated heterocycles. The maximum Gasteiger partial charge on any atom is 0.393 e. The number of carboxylic acid groups (broad SMARTS) is 1. The van der Waals surface area contributed by atoms with E-state index in [2.05, 4.69) is 10.2 Å². The van der Waals surface area contributed by atoms with Crippen LogP contribution in [-0.4, -0.2) is 21.3 Å². The summed E-state index contributed by atoms with van der Waals surface area (Å²) in [5.41, 5.74) is 0.281. The van der Waals surface area contributed by atoms with Gasteiger partial charge in [0, 0.05) is 0 Å². The van der Waals surface area contributed by atoms with Crippen LogP contribution in [-0.2, 0) is 0 Å². The van der Waals surface area contributed by atoms with E-state index in [1.165, 1.54) is 6.07 Å². The van der Waals surface area contributed by atoms with Crippen LogP contribution in [0, 0.1) is 5.82 Å². The molecule has 0 amide bonds. The van der Waals surface area contributed by atoms with E-state index in [0.717, 1.165) is 12.1 Å². The van der Waals surface area contributed by atoms with Crippen LogP contribution in [0.3, 0.4) is 0 Å². The fraction of sp³-hybridized carbons (Fsp3) is 0. The number of carboxylic acids is 1. The molecule has 0 radical (unpaired) electrons. The molecule has 0 aliphatic rings. The zero-order valence-electron chi connectivity index (χ0n) is 7.65. The fourth-order valence-electron chi connectivity index (χ4n) is 1.08. The van der Waals surface area contributed by atoms with E-state index in [1.54, 1.807) is 0 Å². The van der Waals surface area contributed by atoms with Crippen molar-refractivity contribution in [1.29, 1.82) is 0 Å². The van der Waals surface area contributed by atoms with Crippen molar-refractivity contribution in [1.82, 2.24) is 10.2 Å². The van der Waals surface area contributed by atoms with E-state index in [0.29, 0.717) is 0 Å². The molecule has 1 heterocycles. The average molecular weight is 243 g/mol. The van der Waals surface area contributed by atoms with Crippen molar-refractivity contribution in [3.05, 3.63) is 34.9 Å². The highest BCUT2D eigenvalue weighted by Gasteiger charge is 2.16. The van der Waals surface area contributed by atoms with Crippen molar-refractivity contribution in [2.24, 2.45) is 0 Å². The van der Waals surface area contributed by atoms with Crippen molar-refractivity contribution in [2.45, 2.75) is 0 Å². The molecule has 1 aromatic heterocycles. The number of halogens is 2. The zero-order valence-corrected chi connectivity index (χ0v) is 8.40. The molecule has 2 rings (SSSR count). The van der Waals surface area contributed by atoms with Gasteiger partial charge in [-0.05, 0) is 18.2 Å². The molecule has 16 heavy (non-hydrogen) atoms. The Hall–Kier alpha value is -1.95. The number of rotatable bonds is 2. The van der Waals surface area contributed by atoms with Crippen LogP contribution < -0.4 is 0 Å². The first-order valence-corrected chi connectivity index (χ1v) is 4.48. The second kappa shape index (κ2) is 3.90. The Morgan fingerprint density at radius 2 is 2.19 bits per heavy atom. The number of hydrogen-bond acceptors (Lipinski definition) is 4. The van der Waals surface area contributed by atoms with Crippen LogP contribution in [0.4, 0.5) is 4.39 Å². The molecule has 0 atom stereocenters. The highest BCUT2D eigenvalue weighted by molar-refractivity contribution is 6.33. The average Bonchev–Trinajstić information content (AvgIpc) is 2.66. The van der Waals surface area contributed by atoms with Gasteiger partial charge in [-0.1, -0.05) is 11.6 Å². The molecule has 0 aliphatic heterocycles. The normalized spacial score (nSPS) is 10.4. The number of aromatic nitrogens is 2. The SMILES string of the molecule is O=C(O)c1nnc(-c2ccc(F)cc2Cl)o1. The van der Waals surface area contributed by atoms with E-state index in [1.807, 2.05) is 0 Å². The van der Waals surface area contributed by atoms with Gasteiger partial charge in [-0.15, -0.1) is 10.2 Å². The highest BCUT2D eigenvalue weighted by Crippen LogP contribution is 2.27. The molecule has 5 nitrogen and oxygen atoms in total. The van der Waals surface area contributed by atoms with E-state index >= 15 is 0 Å². The molecular formula is C9H4ClFN2O3. The van der Waals surface area contributed by atoms with Gasteiger partial charge in [0.1, 0.15) is 5.82 Å². The van der Waals surface area contributed by atoms with Gasteiger partial charge in [-0.25, -0.2) is 9.18 Å². The van der Waals surface area contributed by atoms with E-state index < -0.39 is 17.7 Å². The largest absolute Gasteiger partial charge is 0.474 e. The van der Waals surface area contributed by atoms with Gasteiger partial charge in [-0.3, -0.25) is 0 Å². The van der Waals surface area contributed by atoms with E-state index in [4.69, 9.17) is 21.1 Å².